The Morgan fingerprint density at radius 2 is 2.24 bits per heavy atom. The Kier molecular flexibility index (Phi) is 3.81. The lowest BCUT2D eigenvalue weighted by Crippen LogP contribution is -2.40. The van der Waals surface area contributed by atoms with Crippen molar-refractivity contribution < 1.29 is 24.9 Å². The van der Waals surface area contributed by atoms with Crippen LogP contribution in [0.2, 0.25) is 0 Å². The van der Waals surface area contributed by atoms with Gasteiger partial charge in [0.1, 0.15) is 11.8 Å². The van der Waals surface area contributed by atoms with Gasteiger partial charge in [-0.1, -0.05) is 0 Å². The summed E-state index contributed by atoms with van der Waals surface area (Å²) in [6.45, 7) is 0. The van der Waals surface area contributed by atoms with E-state index in [4.69, 9.17) is 10.00 Å². The van der Waals surface area contributed by atoms with Crippen LogP contribution in [0.3, 0.4) is 0 Å². The fourth-order valence-electron chi connectivity index (χ4n) is 1.35. The van der Waals surface area contributed by atoms with E-state index in [1.807, 2.05) is 0 Å². The summed E-state index contributed by atoms with van der Waals surface area (Å²) in [5, 5.41) is 37.2. The van der Waals surface area contributed by atoms with Crippen molar-refractivity contribution in [1.29, 1.82) is 5.26 Å². The van der Waals surface area contributed by atoms with Crippen molar-refractivity contribution >= 4 is 6.29 Å². The number of aldehydes is 1. The molecule has 0 aliphatic carbocycles. The number of hydrogen-bond donors (Lipinski definition) is 3. The van der Waals surface area contributed by atoms with Crippen molar-refractivity contribution in [3.05, 3.63) is 29.3 Å². The molecule has 6 nitrogen and oxygen atoms in total. The fraction of sp³-hybridized carbons (Fsp3) is 0.273. The predicted molar refractivity (Wildman–Crippen MR) is 56.0 cm³/mol. The number of methoxy groups -OCH3 is 1. The first kappa shape index (κ1) is 13.1. The topological polar surface area (TPSA) is 111 Å². The molecule has 0 radical (unpaired) electrons. The smallest absolute Gasteiger partial charge is 0.233 e. The molecule has 0 aromatic heterocycles. The number of aliphatic hydroxyl groups is 2. The quantitative estimate of drug-likeness (QED) is 0.382. The molecule has 3 N–H and O–H groups in total. The van der Waals surface area contributed by atoms with Crippen LogP contribution in [-0.4, -0.2) is 34.8 Å². The molecule has 0 aliphatic heterocycles. The zero-order chi connectivity index (χ0) is 13.1. The summed E-state index contributed by atoms with van der Waals surface area (Å²) in [4.78, 5) is 10.6. The van der Waals surface area contributed by atoms with Gasteiger partial charge < -0.3 is 20.1 Å². The molecule has 0 aliphatic rings. The largest absolute Gasteiger partial charge is 0.507 e. The van der Waals surface area contributed by atoms with Crippen LogP contribution in [-0.2, 0) is 10.5 Å². The van der Waals surface area contributed by atoms with E-state index in [2.05, 4.69) is 0 Å². The van der Waals surface area contributed by atoms with Gasteiger partial charge in [-0.15, -0.1) is 0 Å². The fourth-order valence-corrected chi connectivity index (χ4v) is 1.35. The highest BCUT2D eigenvalue weighted by Gasteiger charge is 2.38. The van der Waals surface area contributed by atoms with E-state index < -0.39 is 11.9 Å². The minimum absolute atomic E-state index is 0.00560. The lowest BCUT2D eigenvalue weighted by atomic mass is 9.98. The molecule has 6 heteroatoms. The maximum Gasteiger partial charge on any atom is 0.233 e. The molecule has 2 unspecified atom stereocenters. The van der Waals surface area contributed by atoms with Gasteiger partial charge in [0.25, 0.3) is 0 Å². The molecule has 0 amide bonds. The van der Waals surface area contributed by atoms with E-state index in [-0.39, 0.29) is 16.9 Å². The van der Waals surface area contributed by atoms with Crippen LogP contribution in [0.25, 0.3) is 0 Å². The number of nitrogens with zero attached hydrogens (tertiary/aromatic N) is 1. The van der Waals surface area contributed by atoms with Crippen LogP contribution in [0, 0.1) is 11.3 Å². The zero-order valence-corrected chi connectivity index (χ0v) is 8.99. The summed E-state index contributed by atoms with van der Waals surface area (Å²) < 4.78 is 4.70. The molecular weight excluding hydrogens is 226 g/mol. The van der Waals surface area contributed by atoms with Crippen molar-refractivity contribution in [3.8, 4) is 11.8 Å². The Hall–Kier alpha value is -1.94. The second-order valence-corrected chi connectivity index (χ2v) is 3.32. The average molecular weight is 237 g/mol. The summed E-state index contributed by atoms with van der Waals surface area (Å²) in [5.41, 5.74) is -0.0861. The van der Waals surface area contributed by atoms with Crippen molar-refractivity contribution in [2.75, 3.05) is 7.11 Å². The van der Waals surface area contributed by atoms with Gasteiger partial charge in [0.05, 0.1) is 5.56 Å². The number of carbonyl (C=O) groups excluding carboxylic acids is 1. The number of ether oxygens (including phenoxy) is 1. The average Bonchev–Trinajstić information content (AvgIpc) is 2.37. The lowest BCUT2D eigenvalue weighted by molar-refractivity contribution is -0.237. The molecule has 90 valence electrons. The number of hydrogen-bond acceptors (Lipinski definition) is 6. The van der Waals surface area contributed by atoms with E-state index >= 15 is 0 Å². The Balaban J connectivity index is 3.31. The maximum atomic E-state index is 10.6. The predicted octanol–water partition coefficient (Wildman–Crippen LogP) is -0.119. The molecule has 2 atom stereocenters. The highest BCUT2D eigenvalue weighted by Crippen LogP contribution is 2.29. The van der Waals surface area contributed by atoms with Crippen molar-refractivity contribution in [3.63, 3.8) is 0 Å². The molecule has 1 aromatic carbocycles. The molecule has 0 fully saturated rings. The normalized spacial score (nSPS) is 15.6. The number of phenolic OH excluding ortho intramolecular Hbond substituents is 1. The van der Waals surface area contributed by atoms with Gasteiger partial charge in [-0.05, 0) is 18.2 Å². The van der Waals surface area contributed by atoms with Crippen LogP contribution in [0.5, 0.6) is 5.75 Å². The molecule has 0 heterocycles. The van der Waals surface area contributed by atoms with Crippen molar-refractivity contribution in [2.45, 2.75) is 11.9 Å². The molecule has 0 spiro atoms. The Morgan fingerprint density at radius 3 is 2.71 bits per heavy atom. The van der Waals surface area contributed by atoms with E-state index in [1.54, 1.807) is 0 Å². The summed E-state index contributed by atoms with van der Waals surface area (Å²) in [6.07, 6.45) is -1.44. The monoisotopic (exact) mass is 237 g/mol. The van der Waals surface area contributed by atoms with Crippen LogP contribution in [0.15, 0.2) is 18.2 Å². The summed E-state index contributed by atoms with van der Waals surface area (Å²) >= 11 is 0. The third-order valence-corrected chi connectivity index (χ3v) is 2.37. The molecule has 1 aromatic rings. The van der Waals surface area contributed by atoms with Crippen molar-refractivity contribution in [1.82, 2.24) is 0 Å². The van der Waals surface area contributed by atoms with Gasteiger partial charge in [0.2, 0.25) is 5.79 Å². The first-order valence-electron chi connectivity index (χ1n) is 4.63. The molecule has 0 saturated carbocycles. The van der Waals surface area contributed by atoms with Crippen LogP contribution >= 0.6 is 0 Å². The molecule has 0 saturated heterocycles. The van der Waals surface area contributed by atoms with Gasteiger partial charge >= 0.3 is 0 Å². The van der Waals surface area contributed by atoms with E-state index in [0.717, 1.165) is 19.2 Å². The Labute approximate surface area is 97.3 Å². The number of nitriles is 1. The summed E-state index contributed by atoms with van der Waals surface area (Å²) in [6, 6.07) is 4.97. The summed E-state index contributed by atoms with van der Waals surface area (Å²) in [7, 11) is 1.11. The van der Waals surface area contributed by atoms with E-state index in [9.17, 15) is 20.1 Å². The first-order valence-corrected chi connectivity index (χ1v) is 4.63. The second kappa shape index (κ2) is 4.93. The highest BCUT2D eigenvalue weighted by molar-refractivity contribution is 5.79. The zero-order valence-electron chi connectivity index (χ0n) is 8.99. The van der Waals surface area contributed by atoms with Gasteiger partial charge in [-0.2, -0.15) is 5.26 Å². The summed E-state index contributed by atoms with van der Waals surface area (Å²) in [5.74, 6) is -2.52. The van der Waals surface area contributed by atoms with Crippen LogP contribution in [0.1, 0.15) is 15.9 Å². The van der Waals surface area contributed by atoms with Gasteiger partial charge in [0, 0.05) is 12.7 Å². The minimum atomic E-state index is -2.25. The number of rotatable bonds is 4. The number of aliphatic hydroxyl groups excluding tert-OH is 1. The molecule has 1 rings (SSSR count). The molecule has 0 bridgehead atoms. The second-order valence-electron chi connectivity index (χ2n) is 3.32. The van der Waals surface area contributed by atoms with Crippen molar-refractivity contribution in [2.24, 2.45) is 0 Å². The molecule has 17 heavy (non-hydrogen) atoms. The number of carbonyl (C=O) groups is 1. The van der Waals surface area contributed by atoms with Gasteiger partial charge in [-0.3, -0.25) is 4.79 Å². The van der Waals surface area contributed by atoms with Crippen LogP contribution in [0.4, 0.5) is 0 Å². The van der Waals surface area contributed by atoms with E-state index in [1.165, 1.54) is 12.1 Å². The number of phenols is 1. The SMILES string of the molecule is COC(O)(c1ccc(O)c(C=O)c1)C(O)C#N. The maximum absolute atomic E-state index is 10.6. The minimum Gasteiger partial charge on any atom is -0.507 e. The Bertz CT molecular complexity index is 467. The number of benzene rings is 1. The van der Waals surface area contributed by atoms with Gasteiger partial charge in [0.15, 0.2) is 12.4 Å². The highest BCUT2D eigenvalue weighted by atomic mass is 16.6. The molecular formula is C11H11NO5. The first-order chi connectivity index (χ1) is 7.99. The Morgan fingerprint density at radius 1 is 1.59 bits per heavy atom. The van der Waals surface area contributed by atoms with E-state index in [0.29, 0.717) is 6.29 Å². The lowest BCUT2D eigenvalue weighted by Gasteiger charge is -2.28. The van der Waals surface area contributed by atoms with Crippen LogP contribution < -0.4 is 0 Å². The standard InChI is InChI=1S/C11H11NO5/c1-17-11(16,10(15)5-12)8-2-3-9(14)7(4-8)6-13/h2-4,6,10,14-16H,1H3. The van der Waals surface area contributed by atoms with Gasteiger partial charge in [-0.25, -0.2) is 0 Å². The third kappa shape index (κ3) is 2.26. The number of aromatic hydroxyl groups is 1. The third-order valence-electron chi connectivity index (χ3n) is 2.37.